The highest BCUT2D eigenvalue weighted by atomic mass is 79.9. The number of anilines is 1. The molecule has 0 aliphatic rings. The molecule has 0 aliphatic heterocycles. The van der Waals surface area contributed by atoms with Gasteiger partial charge in [-0.25, -0.2) is 4.52 Å². The molecule has 4 nitrogen and oxygen atoms in total. The van der Waals surface area contributed by atoms with Gasteiger partial charge in [-0.05, 0) is 41.4 Å². The number of aromatic nitrogens is 3. The van der Waals surface area contributed by atoms with Crippen LogP contribution in [-0.4, -0.2) is 21.1 Å². The predicted molar refractivity (Wildman–Crippen MR) is 68.6 cm³/mol. The van der Waals surface area contributed by atoms with Crippen LogP contribution in [0.25, 0.3) is 5.65 Å². The number of hydrogen-bond donors (Lipinski definition) is 1. The van der Waals surface area contributed by atoms with Gasteiger partial charge in [-0.15, -0.1) is 5.10 Å². The van der Waals surface area contributed by atoms with Gasteiger partial charge < -0.3 is 5.32 Å². The predicted octanol–water partition coefficient (Wildman–Crippen LogP) is 2.87. The molecule has 0 atom stereocenters. The number of nitrogens with one attached hydrogen (secondary N) is 1. The van der Waals surface area contributed by atoms with E-state index in [1.807, 2.05) is 31.3 Å². The van der Waals surface area contributed by atoms with Crippen molar-refractivity contribution in [1.82, 2.24) is 14.6 Å². The number of allylic oxidation sites excluding steroid dienone is 1. The molecule has 0 saturated carbocycles. The lowest BCUT2D eigenvalue weighted by Crippen LogP contribution is -2.01. The van der Waals surface area contributed by atoms with E-state index in [-0.39, 0.29) is 0 Å². The van der Waals surface area contributed by atoms with Crippen LogP contribution in [-0.2, 0) is 0 Å². The van der Waals surface area contributed by atoms with Crippen LogP contribution in [0.1, 0.15) is 13.3 Å². The smallest absolute Gasteiger partial charge is 0.243 e. The monoisotopic (exact) mass is 280 g/mol. The molecule has 0 fully saturated rings. The summed E-state index contributed by atoms with van der Waals surface area (Å²) in [5.41, 5.74) is 0.844. The first-order valence-electron chi connectivity index (χ1n) is 5.16. The van der Waals surface area contributed by atoms with Crippen molar-refractivity contribution in [3.63, 3.8) is 0 Å². The number of fused-ring (bicyclic) bond motifs is 1. The molecular formula is C11H13BrN4. The first-order valence-corrected chi connectivity index (χ1v) is 5.96. The summed E-state index contributed by atoms with van der Waals surface area (Å²) in [6, 6.07) is 3.88. The Labute approximate surface area is 103 Å². The van der Waals surface area contributed by atoms with Crippen LogP contribution in [0.5, 0.6) is 0 Å². The summed E-state index contributed by atoms with van der Waals surface area (Å²) in [5, 5.41) is 7.49. The number of pyridine rings is 1. The van der Waals surface area contributed by atoms with Crippen LogP contribution >= 0.6 is 15.9 Å². The molecule has 0 radical (unpaired) electrons. The highest BCUT2D eigenvalue weighted by Crippen LogP contribution is 2.11. The Balaban J connectivity index is 2.08. The molecule has 5 heteroatoms. The summed E-state index contributed by atoms with van der Waals surface area (Å²) in [6.07, 6.45) is 7.02. The van der Waals surface area contributed by atoms with Crippen LogP contribution in [0.4, 0.5) is 5.95 Å². The largest absolute Gasteiger partial charge is 0.353 e. The zero-order chi connectivity index (χ0) is 11.4. The van der Waals surface area contributed by atoms with Gasteiger partial charge >= 0.3 is 0 Å². The van der Waals surface area contributed by atoms with Gasteiger partial charge in [0.2, 0.25) is 5.95 Å². The van der Waals surface area contributed by atoms with Crippen LogP contribution in [0.2, 0.25) is 0 Å². The zero-order valence-electron chi connectivity index (χ0n) is 9.02. The van der Waals surface area contributed by atoms with Crippen molar-refractivity contribution >= 4 is 27.5 Å². The van der Waals surface area contributed by atoms with Crippen molar-refractivity contribution in [2.45, 2.75) is 13.3 Å². The van der Waals surface area contributed by atoms with Gasteiger partial charge in [0.1, 0.15) is 0 Å². The van der Waals surface area contributed by atoms with Crippen LogP contribution in [0.15, 0.2) is 35.0 Å². The molecule has 84 valence electrons. The summed E-state index contributed by atoms with van der Waals surface area (Å²) in [4.78, 5) is 4.35. The first-order chi connectivity index (χ1) is 7.79. The molecule has 0 bridgehead atoms. The minimum Gasteiger partial charge on any atom is -0.353 e. The van der Waals surface area contributed by atoms with Gasteiger partial charge in [0, 0.05) is 17.2 Å². The van der Waals surface area contributed by atoms with E-state index >= 15 is 0 Å². The van der Waals surface area contributed by atoms with Gasteiger partial charge in [0.05, 0.1) is 0 Å². The van der Waals surface area contributed by atoms with Crippen molar-refractivity contribution in [1.29, 1.82) is 0 Å². The Hall–Kier alpha value is -1.36. The van der Waals surface area contributed by atoms with Crippen molar-refractivity contribution in [2.75, 3.05) is 11.9 Å². The first kappa shape index (κ1) is 11.1. The summed E-state index contributed by atoms with van der Waals surface area (Å²) in [7, 11) is 0. The summed E-state index contributed by atoms with van der Waals surface area (Å²) in [5.74, 6) is 0.669. The van der Waals surface area contributed by atoms with Crippen molar-refractivity contribution in [2.24, 2.45) is 0 Å². The highest BCUT2D eigenvalue weighted by Gasteiger charge is 2.01. The van der Waals surface area contributed by atoms with E-state index in [1.165, 1.54) is 0 Å². The maximum absolute atomic E-state index is 4.35. The molecule has 0 spiro atoms. The number of nitrogens with zero attached hydrogens (tertiary/aromatic N) is 3. The Bertz CT molecular complexity index is 504. The van der Waals surface area contributed by atoms with Crippen molar-refractivity contribution < 1.29 is 0 Å². The average molecular weight is 281 g/mol. The van der Waals surface area contributed by atoms with E-state index in [2.05, 4.69) is 37.4 Å². The fourth-order valence-electron chi connectivity index (χ4n) is 1.37. The fourth-order valence-corrected chi connectivity index (χ4v) is 1.69. The molecular weight excluding hydrogens is 268 g/mol. The second-order valence-electron chi connectivity index (χ2n) is 3.37. The Morgan fingerprint density at radius 3 is 3.19 bits per heavy atom. The number of rotatable bonds is 4. The van der Waals surface area contributed by atoms with Gasteiger partial charge in [0.15, 0.2) is 5.65 Å². The van der Waals surface area contributed by atoms with Crippen LogP contribution in [0, 0.1) is 0 Å². The molecule has 0 aromatic carbocycles. The van der Waals surface area contributed by atoms with Gasteiger partial charge in [-0.1, -0.05) is 12.2 Å². The topological polar surface area (TPSA) is 42.2 Å². The lowest BCUT2D eigenvalue weighted by molar-refractivity contribution is 0.941. The van der Waals surface area contributed by atoms with Crippen LogP contribution in [0.3, 0.4) is 0 Å². The lowest BCUT2D eigenvalue weighted by Gasteiger charge is -1.96. The molecule has 2 rings (SSSR count). The molecule has 16 heavy (non-hydrogen) atoms. The third-order valence-electron chi connectivity index (χ3n) is 2.12. The Morgan fingerprint density at radius 2 is 2.38 bits per heavy atom. The molecule has 0 saturated heterocycles. The third-order valence-corrected chi connectivity index (χ3v) is 2.59. The highest BCUT2D eigenvalue weighted by molar-refractivity contribution is 9.10. The number of halogens is 1. The Morgan fingerprint density at radius 1 is 1.50 bits per heavy atom. The molecule has 0 amide bonds. The average Bonchev–Trinajstić information content (AvgIpc) is 2.66. The van der Waals surface area contributed by atoms with Crippen molar-refractivity contribution in [3.8, 4) is 0 Å². The second kappa shape index (κ2) is 5.12. The minimum absolute atomic E-state index is 0.669. The molecule has 2 heterocycles. The molecule has 0 unspecified atom stereocenters. The molecule has 1 N–H and O–H groups in total. The zero-order valence-corrected chi connectivity index (χ0v) is 10.6. The third kappa shape index (κ3) is 2.61. The summed E-state index contributed by atoms with van der Waals surface area (Å²) in [6.45, 7) is 2.86. The standard InChI is InChI=1S/C11H13BrN4/c1-2-3-4-7-13-11-14-10-6-5-9(12)8-16(10)15-11/h2-3,5-6,8H,4,7H2,1H3,(H,13,15)/b3-2+. The molecule has 0 aliphatic carbocycles. The fraction of sp³-hybridized carbons (Fsp3) is 0.273. The maximum atomic E-state index is 4.35. The normalized spacial score (nSPS) is 11.4. The maximum Gasteiger partial charge on any atom is 0.243 e. The van der Waals surface area contributed by atoms with E-state index in [0.717, 1.165) is 23.1 Å². The van der Waals surface area contributed by atoms with Crippen molar-refractivity contribution in [3.05, 3.63) is 35.0 Å². The van der Waals surface area contributed by atoms with E-state index < -0.39 is 0 Å². The second-order valence-corrected chi connectivity index (χ2v) is 4.29. The minimum atomic E-state index is 0.669. The summed E-state index contributed by atoms with van der Waals surface area (Å²) >= 11 is 3.40. The number of hydrogen-bond acceptors (Lipinski definition) is 3. The van der Waals surface area contributed by atoms with E-state index in [4.69, 9.17) is 0 Å². The van der Waals surface area contributed by atoms with E-state index in [0.29, 0.717) is 5.95 Å². The van der Waals surface area contributed by atoms with E-state index in [1.54, 1.807) is 4.52 Å². The Kier molecular flexibility index (Phi) is 3.56. The quantitative estimate of drug-likeness (QED) is 0.692. The molecule has 2 aromatic heterocycles. The SMILES string of the molecule is C/C=C/CCNc1nc2ccc(Br)cn2n1. The van der Waals surface area contributed by atoms with Gasteiger partial charge in [-0.2, -0.15) is 4.98 Å². The van der Waals surface area contributed by atoms with Gasteiger partial charge in [0.25, 0.3) is 0 Å². The summed E-state index contributed by atoms with van der Waals surface area (Å²) < 4.78 is 2.74. The van der Waals surface area contributed by atoms with Gasteiger partial charge in [-0.3, -0.25) is 0 Å². The lowest BCUT2D eigenvalue weighted by atomic mass is 10.4. The molecule has 2 aromatic rings. The van der Waals surface area contributed by atoms with E-state index in [9.17, 15) is 0 Å². The van der Waals surface area contributed by atoms with Crippen LogP contribution < -0.4 is 5.32 Å².